The van der Waals surface area contributed by atoms with Crippen LogP contribution in [-0.4, -0.2) is 18.1 Å². The minimum Gasteiger partial charge on any atom is -0.316 e. The SMILES string of the molecule is CNC(Cc1ccc(Cl)s1)Cc1nc(C)cs1. The zero-order chi connectivity index (χ0) is 12.3. The predicted molar refractivity (Wildman–Crippen MR) is 76.4 cm³/mol. The van der Waals surface area contributed by atoms with Gasteiger partial charge < -0.3 is 5.32 Å². The molecule has 5 heteroatoms. The highest BCUT2D eigenvalue weighted by molar-refractivity contribution is 7.16. The molecule has 2 nitrogen and oxygen atoms in total. The highest BCUT2D eigenvalue weighted by Gasteiger charge is 2.12. The van der Waals surface area contributed by atoms with Crippen LogP contribution in [-0.2, 0) is 12.8 Å². The van der Waals surface area contributed by atoms with Gasteiger partial charge in [0, 0.05) is 28.4 Å². The molecule has 0 aromatic carbocycles. The fraction of sp³-hybridized carbons (Fsp3) is 0.417. The molecule has 92 valence electrons. The van der Waals surface area contributed by atoms with E-state index in [2.05, 4.69) is 21.7 Å². The Hall–Kier alpha value is -0.420. The number of hydrogen-bond acceptors (Lipinski definition) is 4. The van der Waals surface area contributed by atoms with Crippen molar-refractivity contribution in [2.45, 2.75) is 25.8 Å². The van der Waals surface area contributed by atoms with E-state index in [0.717, 1.165) is 22.9 Å². The molecule has 1 unspecified atom stereocenters. The molecule has 1 atom stereocenters. The van der Waals surface area contributed by atoms with Crippen LogP contribution in [0.1, 0.15) is 15.6 Å². The third-order valence-electron chi connectivity index (χ3n) is 2.57. The number of aromatic nitrogens is 1. The topological polar surface area (TPSA) is 24.9 Å². The van der Waals surface area contributed by atoms with Crippen molar-refractivity contribution < 1.29 is 0 Å². The second-order valence-corrected chi connectivity index (χ2v) is 6.72. The average Bonchev–Trinajstić information content (AvgIpc) is 2.87. The van der Waals surface area contributed by atoms with Crippen LogP contribution in [0.5, 0.6) is 0 Å². The Morgan fingerprint density at radius 3 is 2.76 bits per heavy atom. The molecular formula is C12H15ClN2S2. The lowest BCUT2D eigenvalue weighted by Gasteiger charge is -2.13. The Morgan fingerprint density at radius 1 is 1.41 bits per heavy atom. The van der Waals surface area contributed by atoms with Crippen LogP contribution in [0.25, 0.3) is 0 Å². The van der Waals surface area contributed by atoms with E-state index < -0.39 is 0 Å². The standard InChI is InChI=1S/C12H15ClN2S2/c1-8-7-16-12(15-8)6-9(14-2)5-10-3-4-11(13)17-10/h3-4,7,9,14H,5-6H2,1-2H3. The number of halogens is 1. The van der Waals surface area contributed by atoms with Crippen molar-refractivity contribution in [1.82, 2.24) is 10.3 Å². The summed E-state index contributed by atoms with van der Waals surface area (Å²) >= 11 is 9.33. The molecule has 0 fully saturated rings. The number of nitrogens with one attached hydrogen (secondary N) is 1. The molecule has 0 aliphatic heterocycles. The smallest absolute Gasteiger partial charge is 0.0943 e. The summed E-state index contributed by atoms with van der Waals surface area (Å²) in [4.78, 5) is 5.82. The molecule has 2 rings (SSSR count). The Balaban J connectivity index is 1.97. The van der Waals surface area contributed by atoms with Crippen molar-refractivity contribution >= 4 is 34.3 Å². The summed E-state index contributed by atoms with van der Waals surface area (Å²) in [6.45, 7) is 2.04. The minimum absolute atomic E-state index is 0.426. The maximum atomic E-state index is 5.94. The van der Waals surface area contributed by atoms with E-state index in [1.807, 2.05) is 20.0 Å². The van der Waals surface area contributed by atoms with Crippen LogP contribution in [0.3, 0.4) is 0 Å². The lowest BCUT2D eigenvalue weighted by atomic mass is 10.1. The summed E-state index contributed by atoms with van der Waals surface area (Å²) in [5.41, 5.74) is 1.11. The molecular weight excluding hydrogens is 272 g/mol. The quantitative estimate of drug-likeness (QED) is 0.909. The number of likely N-dealkylation sites (N-methyl/N-ethyl adjacent to an activating group) is 1. The molecule has 2 heterocycles. The van der Waals surface area contributed by atoms with Crippen molar-refractivity contribution in [3.05, 3.63) is 37.4 Å². The van der Waals surface area contributed by atoms with Crippen molar-refractivity contribution in [2.75, 3.05) is 7.05 Å². The fourth-order valence-electron chi connectivity index (χ4n) is 1.69. The normalized spacial score (nSPS) is 12.9. The summed E-state index contributed by atoms with van der Waals surface area (Å²) in [6.07, 6.45) is 1.98. The van der Waals surface area contributed by atoms with E-state index in [1.54, 1.807) is 22.7 Å². The van der Waals surface area contributed by atoms with Gasteiger partial charge in [-0.2, -0.15) is 0 Å². The molecule has 0 aliphatic carbocycles. The van der Waals surface area contributed by atoms with E-state index in [9.17, 15) is 0 Å². The number of thiophene rings is 1. The molecule has 0 saturated heterocycles. The molecule has 0 bridgehead atoms. The van der Waals surface area contributed by atoms with Gasteiger partial charge in [0.05, 0.1) is 9.34 Å². The molecule has 0 aliphatic rings. The van der Waals surface area contributed by atoms with Gasteiger partial charge in [-0.15, -0.1) is 22.7 Å². The third kappa shape index (κ3) is 3.78. The molecule has 2 aromatic heterocycles. The lowest BCUT2D eigenvalue weighted by molar-refractivity contribution is 0.558. The number of aryl methyl sites for hydroxylation is 1. The van der Waals surface area contributed by atoms with Gasteiger partial charge in [-0.1, -0.05) is 11.6 Å². The second kappa shape index (κ2) is 5.96. The van der Waals surface area contributed by atoms with Crippen molar-refractivity contribution in [2.24, 2.45) is 0 Å². The number of nitrogens with zero attached hydrogens (tertiary/aromatic N) is 1. The fourth-order valence-corrected chi connectivity index (χ4v) is 3.71. The van der Waals surface area contributed by atoms with Crippen molar-refractivity contribution in [3.8, 4) is 0 Å². The predicted octanol–water partition coefficient (Wildman–Crippen LogP) is 3.54. The first-order valence-electron chi connectivity index (χ1n) is 5.50. The zero-order valence-corrected chi connectivity index (χ0v) is 12.3. The first kappa shape index (κ1) is 13.0. The number of hydrogen-bond donors (Lipinski definition) is 1. The summed E-state index contributed by atoms with van der Waals surface area (Å²) in [7, 11) is 2.00. The first-order valence-corrected chi connectivity index (χ1v) is 7.57. The Morgan fingerprint density at radius 2 is 2.24 bits per heavy atom. The van der Waals surface area contributed by atoms with Crippen LogP contribution in [0.15, 0.2) is 17.5 Å². The average molecular weight is 287 g/mol. The van der Waals surface area contributed by atoms with E-state index in [4.69, 9.17) is 11.6 Å². The zero-order valence-electron chi connectivity index (χ0n) is 9.87. The largest absolute Gasteiger partial charge is 0.316 e. The van der Waals surface area contributed by atoms with Crippen LogP contribution in [0.4, 0.5) is 0 Å². The highest BCUT2D eigenvalue weighted by Crippen LogP contribution is 2.23. The second-order valence-electron chi connectivity index (χ2n) is 3.98. The van der Waals surface area contributed by atoms with Gasteiger partial charge in [0.25, 0.3) is 0 Å². The third-order valence-corrected chi connectivity index (χ3v) is 4.81. The summed E-state index contributed by atoms with van der Waals surface area (Å²) in [5.74, 6) is 0. The van der Waals surface area contributed by atoms with Crippen LogP contribution in [0.2, 0.25) is 4.34 Å². The highest BCUT2D eigenvalue weighted by atomic mass is 35.5. The molecule has 0 amide bonds. The van der Waals surface area contributed by atoms with E-state index in [-0.39, 0.29) is 0 Å². The Labute approximate surface area is 115 Å². The van der Waals surface area contributed by atoms with Gasteiger partial charge in [0.2, 0.25) is 0 Å². The van der Waals surface area contributed by atoms with Gasteiger partial charge >= 0.3 is 0 Å². The van der Waals surface area contributed by atoms with Crippen LogP contribution < -0.4 is 5.32 Å². The monoisotopic (exact) mass is 286 g/mol. The number of rotatable bonds is 5. The first-order chi connectivity index (χ1) is 8.17. The molecule has 17 heavy (non-hydrogen) atoms. The van der Waals surface area contributed by atoms with Crippen molar-refractivity contribution in [1.29, 1.82) is 0 Å². The Kier molecular flexibility index (Phi) is 4.56. The van der Waals surface area contributed by atoms with Gasteiger partial charge in [0.1, 0.15) is 0 Å². The Bertz CT molecular complexity index is 436. The minimum atomic E-state index is 0.426. The van der Waals surface area contributed by atoms with Gasteiger partial charge in [0.15, 0.2) is 0 Å². The van der Waals surface area contributed by atoms with Crippen LogP contribution in [0, 0.1) is 6.92 Å². The van der Waals surface area contributed by atoms with E-state index in [1.165, 1.54) is 9.88 Å². The van der Waals surface area contributed by atoms with Crippen molar-refractivity contribution in [3.63, 3.8) is 0 Å². The molecule has 0 radical (unpaired) electrons. The summed E-state index contributed by atoms with van der Waals surface area (Å²) < 4.78 is 0.861. The molecule has 0 saturated carbocycles. The summed E-state index contributed by atoms with van der Waals surface area (Å²) in [6, 6.07) is 4.49. The van der Waals surface area contributed by atoms with E-state index in [0.29, 0.717) is 6.04 Å². The maximum Gasteiger partial charge on any atom is 0.0943 e. The van der Waals surface area contributed by atoms with Crippen LogP contribution >= 0.6 is 34.3 Å². The van der Waals surface area contributed by atoms with Gasteiger partial charge in [-0.25, -0.2) is 4.98 Å². The lowest BCUT2D eigenvalue weighted by Crippen LogP contribution is -2.29. The molecule has 0 spiro atoms. The van der Waals surface area contributed by atoms with E-state index >= 15 is 0 Å². The number of thiazole rings is 1. The molecule has 1 N–H and O–H groups in total. The van der Waals surface area contributed by atoms with Gasteiger partial charge in [-0.3, -0.25) is 0 Å². The summed E-state index contributed by atoms with van der Waals surface area (Å²) in [5, 5.41) is 6.65. The van der Waals surface area contributed by atoms with Gasteiger partial charge in [-0.05, 0) is 32.5 Å². The maximum absolute atomic E-state index is 5.94. The molecule has 2 aromatic rings.